The summed E-state index contributed by atoms with van der Waals surface area (Å²) in [4.78, 5) is 40.6. The second-order valence-electron chi connectivity index (χ2n) is 7.53. The van der Waals surface area contributed by atoms with Crippen LogP contribution in [0.3, 0.4) is 0 Å². The summed E-state index contributed by atoms with van der Waals surface area (Å²) in [7, 11) is 0. The van der Waals surface area contributed by atoms with Gasteiger partial charge in [-0.15, -0.1) is 23.1 Å². The number of nitro benzene ring substituents is 1. The van der Waals surface area contributed by atoms with Crippen molar-refractivity contribution in [2.24, 2.45) is 0 Å². The zero-order chi connectivity index (χ0) is 24.8. The molecule has 0 fully saturated rings. The number of anilines is 2. The topological polar surface area (TPSA) is 114 Å². The molecule has 35 heavy (non-hydrogen) atoms. The third-order valence-corrected chi connectivity index (χ3v) is 6.60. The standard InChI is InChI=1S/C25H20N4O4S2/c1-16-5-2-7-18(11-16)24(31)26-19-8-4-10-21(13-19)34-15-23(30)28-25-27-22(14-35-25)17-6-3-9-20(12-17)29(32)33/h2-14H,15H2,1H3,(H,26,31)(H,27,28,30). The van der Waals surface area contributed by atoms with Gasteiger partial charge in [-0.25, -0.2) is 4.98 Å². The van der Waals surface area contributed by atoms with Gasteiger partial charge in [-0.1, -0.05) is 35.9 Å². The van der Waals surface area contributed by atoms with Gasteiger partial charge in [0.1, 0.15) is 0 Å². The Labute approximate surface area is 209 Å². The molecule has 1 heterocycles. The minimum Gasteiger partial charge on any atom is -0.322 e. The van der Waals surface area contributed by atoms with Crippen molar-refractivity contribution in [2.75, 3.05) is 16.4 Å². The first-order chi connectivity index (χ1) is 16.9. The van der Waals surface area contributed by atoms with Crippen molar-refractivity contribution in [3.05, 3.63) is 99.4 Å². The number of thioether (sulfide) groups is 1. The highest BCUT2D eigenvalue weighted by molar-refractivity contribution is 8.00. The third kappa shape index (κ3) is 6.52. The molecular weight excluding hydrogens is 484 g/mol. The normalized spacial score (nSPS) is 10.5. The second kappa shape index (κ2) is 10.9. The Morgan fingerprint density at radius 2 is 1.83 bits per heavy atom. The summed E-state index contributed by atoms with van der Waals surface area (Å²) >= 11 is 2.58. The van der Waals surface area contributed by atoms with Gasteiger partial charge in [-0.3, -0.25) is 19.7 Å². The molecule has 4 rings (SSSR count). The lowest BCUT2D eigenvalue weighted by Crippen LogP contribution is -2.14. The molecule has 2 amide bonds. The van der Waals surface area contributed by atoms with Gasteiger partial charge >= 0.3 is 0 Å². The average molecular weight is 505 g/mol. The molecule has 10 heteroatoms. The second-order valence-corrected chi connectivity index (χ2v) is 9.44. The van der Waals surface area contributed by atoms with E-state index in [0.717, 1.165) is 10.5 Å². The molecule has 0 aliphatic rings. The van der Waals surface area contributed by atoms with Crippen molar-refractivity contribution in [3.8, 4) is 11.3 Å². The predicted molar refractivity (Wildman–Crippen MR) is 139 cm³/mol. The van der Waals surface area contributed by atoms with Crippen molar-refractivity contribution in [1.29, 1.82) is 0 Å². The number of nitrogens with one attached hydrogen (secondary N) is 2. The van der Waals surface area contributed by atoms with Crippen LogP contribution in [0.4, 0.5) is 16.5 Å². The highest BCUT2D eigenvalue weighted by atomic mass is 32.2. The molecule has 4 aromatic rings. The molecule has 0 saturated heterocycles. The fraction of sp³-hybridized carbons (Fsp3) is 0.0800. The third-order valence-electron chi connectivity index (χ3n) is 4.85. The van der Waals surface area contributed by atoms with Gasteiger partial charge in [0.05, 0.1) is 16.4 Å². The molecule has 0 saturated carbocycles. The van der Waals surface area contributed by atoms with Crippen molar-refractivity contribution in [2.45, 2.75) is 11.8 Å². The fourth-order valence-corrected chi connectivity index (χ4v) is 4.69. The molecule has 0 spiro atoms. The number of non-ortho nitro benzene ring substituents is 1. The summed E-state index contributed by atoms with van der Waals surface area (Å²) in [5.41, 5.74) is 3.37. The van der Waals surface area contributed by atoms with Gasteiger partial charge in [-0.2, -0.15) is 0 Å². The highest BCUT2D eigenvalue weighted by Crippen LogP contribution is 2.28. The lowest BCUT2D eigenvalue weighted by atomic mass is 10.1. The summed E-state index contributed by atoms with van der Waals surface area (Å²) in [5, 5.41) is 18.8. The first-order valence-electron chi connectivity index (χ1n) is 10.5. The van der Waals surface area contributed by atoms with Gasteiger partial charge in [0.15, 0.2) is 5.13 Å². The number of thiazole rings is 1. The molecule has 1 aromatic heterocycles. The minimum absolute atomic E-state index is 0.0187. The van der Waals surface area contributed by atoms with Crippen LogP contribution in [0.2, 0.25) is 0 Å². The number of aromatic nitrogens is 1. The van der Waals surface area contributed by atoms with Crippen molar-refractivity contribution in [1.82, 2.24) is 4.98 Å². The number of nitro groups is 1. The number of benzene rings is 3. The van der Waals surface area contributed by atoms with Crippen LogP contribution in [0, 0.1) is 17.0 Å². The van der Waals surface area contributed by atoms with E-state index in [9.17, 15) is 19.7 Å². The Morgan fingerprint density at radius 3 is 2.63 bits per heavy atom. The van der Waals surface area contributed by atoms with Gasteiger partial charge in [-0.05, 0) is 37.3 Å². The number of amides is 2. The summed E-state index contributed by atoms with van der Waals surface area (Å²) in [6.07, 6.45) is 0. The molecule has 8 nitrogen and oxygen atoms in total. The van der Waals surface area contributed by atoms with Gasteiger partial charge < -0.3 is 10.6 Å². The lowest BCUT2D eigenvalue weighted by molar-refractivity contribution is -0.384. The maximum absolute atomic E-state index is 12.5. The average Bonchev–Trinajstić information content (AvgIpc) is 3.31. The van der Waals surface area contributed by atoms with Crippen LogP contribution in [-0.4, -0.2) is 27.5 Å². The van der Waals surface area contributed by atoms with Crippen LogP contribution in [0.25, 0.3) is 11.3 Å². The molecule has 0 radical (unpaired) electrons. The van der Waals surface area contributed by atoms with Crippen LogP contribution < -0.4 is 10.6 Å². The number of hydrogen-bond acceptors (Lipinski definition) is 7. The van der Waals surface area contributed by atoms with E-state index in [4.69, 9.17) is 0 Å². The number of hydrogen-bond donors (Lipinski definition) is 2. The largest absolute Gasteiger partial charge is 0.322 e. The first-order valence-corrected chi connectivity index (χ1v) is 12.3. The van der Waals surface area contributed by atoms with Gasteiger partial charge in [0.25, 0.3) is 11.6 Å². The summed E-state index contributed by atoms with van der Waals surface area (Å²) in [6.45, 7) is 1.93. The number of carbonyl (C=O) groups excluding carboxylic acids is 2. The molecule has 0 aliphatic heterocycles. The number of rotatable bonds is 8. The molecule has 3 aromatic carbocycles. The summed E-state index contributed by atoms with van der Waals surface area (Å²) in [6, 6.07) is 20.8. The Hall–Kier alpha value is -4.02. The molecule has 0 bridgehead atoms. The SMILES string of the molecule is Cc1cccc(C(=O)Nc2cccc(SCC(=O)Nc3nc(-c4cccc([N+](=O)[O-])c4)cs3)c2)c1. The van der Waals surface area contributed by atoms with Crippen molar-refractivity contribution < 1.29 is 14.5 Å². The van der Waals surface area contributed by atoms with E-state index >= 15 is 0 Å². The molecule has 0 aliphatic carbocycles. The molecule has 0 unspecified atom stereocenters. The number of carbonyl (C=O) groups is 2. The van der Waals surface area contributed by atoms with E-state index < -0.39 is 4.92 Å². The van der Waals surface area contributed by atoms with E-state index in [0.29, 0.717) is 27.6 Å². The number of aryl methyl sites for hydroxylation is 1. The Balaban J connectivity index is 1.33. The maximum Gasteiger partial charge on any atom is 0.270 e. The quantitative estimate of drug-likeness (QED) is 0.173. The molecule has 2 N–H and O–H groups in total. The van der Waals surface area contributed by atoms with E-state index in [1.165, 1.54) is 35.2 Å². The van der Waals surface area contributed by atoms with E-state index in [1.807, 2.05) is 43.3 Å². The van der Waals surface area contributed by atoms with E-state index in [-0.39, 0.29) is 23.3 Å². The molecular formula is C25H20N4O4S2. The van der Waals surface area contributed by atoms with Crippen LogP contribution in [0.1, 0.15) is 15.9 Å². The zero-order valence-corrected chi connectivity index (χ0v) is 20.2. The first kappa shape index (κ1) is 24.1. The Morgan fingerprint density at radius 1 is 1.03 bits per heavy atom. The highest BCUT2D eigenvalue weighted by Gasteiger charge is 2.12. The van der Waals surface area contributed by atoms with Crippen LogP contribution in [0.15, 0.2) is 83.1 Å². The van der Waals surface area contributed by atoms with Crippen LogP contribution in [0.5, 0.6) is 0 Å². The molecule has 176 valence electrons. The Kier molecular flexibility index (Phi) is 7.54. The molecule has 0 atom stereocenters. The monoisotopic (exact) mass is 504 g/mol. The lowest BCUT2D eigenvalue weighted by Gasteiger charge is -2.08. The fourth-order valence-electron chi connectivity index (χ4n) is 3.20. The van der Waals surface area contributed by atoms with Crippen LogP contribution in [-0.2, 0) is 4.79 Å². The maximum atomic E-state index is 12.5. The number of nitrogens with zero attached hydrogens (tertiary/aromatic N) is 2. The van der Waals surface area contributed by atoms with E-state index in [2.05, 4.69) is 15.6 Å². The van der Waals surface area contributed by atoms with E-state index in [1.54, 1.807) is 29.6 Å². The Bertz CT molecular complexity index is 1400. The zero-order valence-electron chi connectivity index (χ0n) is 18.6. The smallest absolute Gasteiger partial charge is 0.270 e. The predicted octanol–water partition coefficient (Wildman–Crippen LogP) is 6.01. The minimum atomic E-state index is -0.460. The summed E-state index contributed by atoms with van der Waals surface area (Å²) in [5.74, 6) is -0.276. The van der Waals surface area contributed by atoms with Crippen LogP contribution >= 0.6 is 23.1 Å². The van der Waals surface area contributed by atoms with Gasteiger partial charge in [0, 0.05) is 39.2 Å². The van der Waals surface area contributed by atoms with Gasteiger partial charge in [0.2, 0.25) is 5.91 Å². The van der Waals surface area contributed by atoms with Crippen molar-refractivity contribution in [3.63, 3.8) is 0 Å². The van der Waals surface area contributed by atoms with Crippen molar-refractivity contribution >= 4 is 51.4 Å². The summed E-state index contributed by atoms with van der Waals surface area (Å²) < 4.78 is 0.